The molecule has 2 aromatic rings. The third kappa shape index (κ3) is 7.00. The smallest absolute Gasteiger partial charge is 0.210 e. The van der Waals surface area contributed by atoms with Gasteiger partial charge in [-0.2, -0.15) is 0 Å². The fourth-order valence-electron chi connectivity index (χ4n) is 4.74. The minimum absolute atomic E-state index is 0.908. The van der Waals surface area contributed by atoms with E-state index in [9.17, 15) is 5.53 Å². The van der Waals surface area contributed by atoms with Crippen molar-refractivity contribution in [2.75, 3.05) is 0 Å². The molecule has 1 aliphatic heterocycles. The van der Waals surface area contributed by atoms with Crippen LogP contribution in [0.15, 0.2) is 60.2 Å². The third-order valence-corrected chi connectivity index (χ3v) is 6.67. The number of rotatable bonds is 14. The molecular weight excluding hydrogens is 400 g/mol. The van der Waals surface area contributed by atoms with Gasteiger partial charge in [-0.25, -0.2) is 4.70 Å². The number of unbranched alkanes of at least 4 members (excludes halogenated alkanes) is 6. The third-order valence-electron chi connectivity index (χ3n) is 6.67. The Kier molecular flexibility index (Phi) is 10.1. The lowest BCUT2D eigenvalue weighted by Crippen LogP contribution is -2.03. The predicted octanol–water partition coefficient (Wildman–Crippen LogP) is 9.53. The number of hydrogen-bond donors (Lipinski definition) is 0. The maximum Gasteiger partial charge on any atom is 0.210 e. The van der Waals surface area contributed by atoms with E-state index in [1.165, 1.54) is 72.8 Å². The summed E-state index contributed by atoms with van der Waals surface area (Å²) in [5, 5.41) is 0. The van der Waals surface area contributed by atoms with Crippen molar-refractivity contribution in [1.82, 2.24) is 0 Å². The zero-order chi connectivity index (χ0) is 23.5. The first kappa shape index (κ1) is 25.1. The van der Waals surface area contributed by atoms with Crippen molar-refractivity contribution in [3.05, 3.63) is 88.0 Å². The molecule has 0 atom stereocenters. The highest BCUT2D eigenvalue weighted by atomic mass is 15.2. The molecule has 2 nitrogen and oxygen atoms in total. The van der Waals surface area contributed by atoms with E-state index in [0.717, 1.165) is 48.2 Å². The minimum atomic E-state index is 0.908. The van der Waals surface area contributed by atoms with Crippen LogP contribution in [0.4, 0.5) is 0 Å². The number of aryl methyl sites for hydroxylation is 2. The Balaban J connectivity index is 1.87. The molecule has 0 amide bonds. The molecule has 0 unspecified atom stereocenters. The highest BCUT2D eigenvalue weighted by molar-refractivity contribution is 5.78. The fraction of sp³-hybridized carbons (Fsp3) is 0.484. The summed E-state index contributed by atoms with van der Waals surface area (Å²) in [4.78, 5) is 0. The summed E-state index contributed by atoms with van der Waals surface area (Å²) >= 11 is 0. The molecule has 0 aromatic heterocycles. The van der Waals surface area contributed by atoms with E-state index in [4.69, 9.17) is 0 Å². The van der Waals surface area contributed by atoms with Gasteiger partial charge in [-0.05, 0) is 73.9 Å². The van der Waals surface area contributed by atoms with Crippen LogP contribution >= 0.6 is 0 Å². The predicted molar refractivity (Wildman–Crippen MR) is 142 cm³/mol. The van der Waals surface area contributed by atoms with E-state index < -0.39 is 0 Å². The van der Waals surface area contributed by atoms with Crippen LogP contribution in [0, 0.1) is 0 Å². The molecule has 0 fully saturated rings. The summed E-state index contributed by atoms with van der Waals surface area (Å²) in [5.74, 6) is 0. The molecule has 0 saturated carbocycles. The molecule has 0 aliphatic carbocycles. The maximum atomic E-state index is 11.4. The number of allylic oxidation sites excluding steroid dienone is 2. The first-order valence-electron chi connectivity index (χ1n) is 13.3. The van der Waals surface area contributed by atoms with Crippen molar-refractivity contribution in [3.8, 4) is 0 Å². The monoisotopic (exact) mass is 442 g/mol. The van der Waals surface area contributed by atoms with Gasteiger partial charge in [0.15, 0.2) is 0 Å². The van der Waals surface area contributed by atoms with Gasteiger partial charge >= 0.3 is 0 Å². The molecule has 0 radical (unpaired) electrons. The summed E-state index contributed by atoms with van der Waals surface area (Å²) in [6.45, 7) is 6.74. The summed E-state index contributed by atoms with van der Waals surface area (Å²) in [6.07, 6.45) is 16.4. The average molecular weight is 443 g/mol. The molecule has 0 bridgehead atoms. The standard InChI is InChI=1S/C31H42N2/c1-4-7-10-15-25-17-13-20-27(22-25)30-24-29(19-12-9-6-3)31(33(30)32)28-21-14-18-26(23-28)16-11-8-5-2/h13-14,17-18,20-24H,4-12,15-16,19H2,1-3H3. The second-order valence-corrected chi connectivity index (χ2v) is 9.49. The molecule has 2 aromatic carbocycles. The normalized spacial score (nSPS) is 13.7. The van der Waals surface area contributed by atoms with Gasteiger partial charge in [-0.1, -0.05) is 83.6 Å². The molecule has 0 N–H and O–H groups in total. The van der Waals surface area contributed by atoms with Crippen molar-refractivity contribution in [2.24, 2.45) is 0 Å². The van der Waals surface area contributed by atoms with E-state index in [1.807, 2.05) is 0 Å². The van der Waals surface area contributed by atoms with Crippen molar-refractivity contribution in [2.45, 2.75) is 97.8 Å². The molecule has 176 valence electrons. The number of benzene rings is 2. The van der Waals surface area contributed by atoms with Gasteiger partial charge in [0.25, 0.3) is 0 Å². The molecule has 2 heteroatoms. The molecule has 0 saturated heterocycles. The molecule has 1 heterocycles. The molecule has 33 heavy (non-hydrogen) atoms. The van der Waals surface area contributed by atoms with Crippen LogP contribution in [0.3, 0.4) is 0 Å². The zero-order valence-corrected chi connectivity index (χ0v) is 21.1. The van der Waals surface area contributed by atoms with Crippen molar-refractivity contribution in [3.63, 3.8) is 0 Å². The summed E-state index contributed by atoms with van der Waals surface area (Å²) in [6, 6.07) is 17.5. The Morgan fingerprint density at radius 3 is 1.73 bits per heavy atom. The van der Waals surface area contributed by atoms with E-state index in [0.29, 0.717) is 0 Å². The number of nitrogens with zero attached hydrogens (tertiary/aromatic N) is 2. The van der Waals surface area contributed by atoms with Crippen LogP contribution in [-0.4, -0.2) is 4.70 Å². The molecule has 3 rings (SSSR count). The molecule has 0 spiro atoms. The Morgan fingerprint density at radius 2 is 1.15 bits per heavy atom. The Bertz CT molecular complexity index is 980. The second-order valence-electron chi connectivity index (χ2n) is 9.49. The lowest BCUT2D eigenvalue weighted by Gasteiger charge is -2.11. The summed E-state index contributed by atoms with van der Waals surface area (Å²) in [7, 11) is 0. The van der Waals surface area contributed by atoms with Crippen LogP contribution < -0.4 is 0 Å². The average Bonchev–Trinajstić information content (AvgIpc) is 3.16. The van der Waals surface area contributed by atoms with E-state index in [1.54, 1.807) is 0 Å². The van der Waals surface area contributed by atoms with Gasteiger partial charge in [0.1, 0.15) is 0 Å². The highest BCUT2D eigenvalue weighted by Crippen LogP contribution is 2.38. The highest BCUT2D eigenvalue weighted by Gasteiger charge is 2.28. The summed E-state index contributed by atoms with van der Waals surface area (Å²) in [5.41, 5.74) is 19.5. The van der Waals surface area contributed by atoms with Gasteiger partial charge in [0.05, 0.1) is 0 Å². The lowest BCUT2D eigenvalue weighted by atomic mass is 9.99. The van der Waals surface area contributed by atoms with Crippen LogP contribution in [0.25, 0.3) is 16.9 Å². The topological polar surface area (TPSA) is 25.3 Å². The van der Waals surface area contributed by atoms with Crippen LogP contribution in [0.1, 0.15) is 107 Å². The van der Waals surface area contributed by atoms with Crippen LogP contribution in [0.2, 0.25) is 0 Å². The van der Waals surface area contributed by atoms with Crippen molar-refractivity contribution < 1.29 is 4.70 Å². The van der Waals surface area contributed by atoms with Gasteiger partial charge in [0.2, 0.25) is 11.4 Å². The second kappa shape index (κ2) is 13.3. The first-order chi connectivity index (χ1) is 16.2. The van der Waals surface area contributed by atoms with Gasteiger partial charge in [-0.15, -0.1) is 0 Å². The Labute approximate surface area is 201 Å². The van der Waals surface area contributed by atoms with Crippen molar-refractivity contribution in [1.29, 1.82) is 0 Å². The largest absolute Gasteiger partial charge is 0.493 e. The van der Waals surface area contributed by atoms with Gasteiger partial charge in [0, 0.05) is 22.8 Å². The van der Waals surface area contributed by atoms with E-state index in [-0.39, 0.29) is 0 Å². The Hall–Kier alpha value is -2.48. The maximum absolute atomic E-state index is 11.4. The first-order valence-corrected chi connectivity index (χ1v) is 13.3. The minimum Gasteiger partial charge on any atom is -0.493 e. The van der Waals surface area contributed by atoms with Crippen LogP contribution in [0.5, 0.6) is 0 Å². The summed E-state index contributed by atoms with van der Waals surface area (Å²) < 4.78 is 1.46. The SMILES string of the molecule is CCCCCC1=C(c2cccc(CCCCC)c2)[N+](=[N-])C(c2cccc(CCCCC)c2)=C1. The fourth-order valence-corrected chi connectivity index (χ4v) is 4.74. The van der Waals surface area contributed by atoms with Crippen LogP contribution in [-0.2, 0) is 12.8 Å². The molecular formula is C31H42N2. The number of hydrogen-bond acceptors (Lipinski definition) is 0. The van der Waals surface area contributed by atoms with E-state index >= 15 is 0 Å². The van der Waals surface area contributed by atoms with Crippen molar-refractivity contribution >= 4 is 11.4 Å². The quantitative estimate of drug-likeness (QED) is 0.205. The zero-order valence-electron chi connectivity index (χ0n) is 21.1. The van der Waals surface area contributed by atoms with Gasteiger partial charge in [-0.3, -0.25) is 0 Å². The van der Waals surface area contributed by atoms with Gasteiger partial charge < -0.3 is 5.53 Å². The molecule has 1 aliphatic rings. The lowest BCUT2D eigenvalue weighted by molar-refractivity contribution is -0.344. The van der Waals surface area contributed by atoms with E-state index in [2.05, 4.69) is 75.4 Å². The Morgan fingerprint density at radius 1 is 0.636 bits per heavy atom.